The zero-order valence-corrected chi connectivity index (χ0v) is 12.6. The van der Waals surface area contributed by atoms with Crippen LogP contribution in [0.5, 0.6) is 0 Å². The lowest BCUT2D eigenvalue weighted by molar-refractivity contribution is -0.121. The second kappa shape index (κ2) is 7.15. The van der Waals surface area contributed by atoms with Crippen LogP contribution in [0.15, 0.2) is 30.6 Å². The number of rotatable bonds is 6. The zero-order chi connectivity index (χ0) is 16.1. The molecule has 0 unspecified atom stereocenters. The van der Waals surface area contributed by atoms with E-state index >= 15 is 0 Å². The maximum atomic E-state index is 13.8. The van der Waals surface area contributed by atoms with Crippen LogP contribution in [0.3, 0.4) is 0 Å². The molecule has 0 aliphatic carbocycles. The molecule has 2 aromatic rings. The molecule has 0 aliphatic rings. The Hall–Kier alpha value is -2.24. The molecule has 0 radical (unpaired) electrons. The Kier molecular flexibility index (Phi) is 5.25. The van der Waals surface area contributed by atoms with Crippen LogP contribution >= 0.6 is 0 Å². The Labute approximate surface area is 128 Å². The molecular formula is C16H19F2N3O. The molecule has 2 rings (SSSR count). The van der Waals surface area contributed by atoms with Crippen LogP contribution in [0.1, 0.15) is 36.9 Å². The first-order chi connectivity index (χ1) is 10.5. The highest BCUT2D eigenvalue weighted by molar-refractivity contribution is 5.76. The number of nitrogens with zero attached hydrogens (tertiary/aromatic N) is 2. The number of nitrogens with one attached hydrogen (secondary N) is 1. The largest absolute Gasteiger partial charge is 0.349 e. The van der Waals surface area contributed by atoms with Gasteiger partial charge in [0.25, 0.3) is 0 Å². The van der Waals surface area contributed by atoms with Crippen molar-refractivity contribution in [2.75, 3.05) is 0 Å². The van der Waals surface area contributed by atoms with Gasteiger partial charge in [0, 0.05) is 25.2 Å². The van der Waals surface area contributed by atoms with E-state index in [2.05, 4.69) is 10.4 Å². The average molecular weight is 307 g/mol. The summed E-state index contributed by atoms with van der Waals surface area (Å²) < 4.78 is 28.7. The summed E-state index contributed by atoms with van der Waals surface area (Å²) in [5.74, 6) is -1.22. The fourth-order valence-electron chi connectivity index (χ4n) is 2.31. The molecule has 1 atom stereocenters. The summed E-state index contributed by atoms with van der Waals surface area (Å²) in [4.78, 5) is 12.0. The Bertz CT molecular complexity index is 655. The third-order valence-corrected chi connectivity index (χ3v) is 3.48. The van der Waals surface area contributed by atoms with Gasteiger partial charge in [-0.05, 0) is 36.6 Å². The maximum absolute atomic E-state index is 13.8. The number of halogens is 2. The molecule has 1 heterocycles. The van der Waals surface area contributed by atoms with Gasteiger partial charge in [-0.2, -0.15) is 5.10 Å². The molecule has 1 amide bonds. The highest BCUT2D eigenvalue weighted by Crippen LogP contribution is 2.21. The van der Waals surface area contributed by atoms with Crippen molar-refractivity contribution in [2.24, 2.45) is 7.05 Å². The summed E-state index contributed by atoms with van der Waals surface area (Å²) in [5, 5.41) is 6.79. The molecule has 0 saturated heterocycles. The third-order valence-electron chi connectivity index (χ3n) is 3.48. The Morgan fingerprint density at radius 3 is 2.82 bits per heavy atom. The van der Waals surface area contributed by atoms with E-state index in [4.69, 9.17) is 0 Å². The van der Waals surface area contributed by atoms with Gasteiger partial charge in [-0.25, -0.2) is 8.78 Å². The molecular weight excluding hydrogens is 288 g/mol. The quantitative estimate of drug-likeness (QED) is 0.892. The van der Waals surface area contributed by atoms with Crippen molar-refractivity contribution in [2.45, 2.75) is 32.2 Å². The Morgan fingerprint density at radius 2 is 2.18 bits per heavy atom. The number of aryl methyl sites for hydroxylation is 2. The fraction of sp³-hybridized carbons (Fsp3) is 0.375. The number of benzene rings is 1. The van der Waals surface area contributed by atoms with Gasteiger partial charge >= 0.3 is 0 Å². The van der Waals surface area contributed by atoms with Crippen LogP contribution in [0.25, 0.3) is 0 Å². The summed E-state index contributed by atoms with van der Waals surface area (Å²) in [6.07, 6.45) is 4.87. The zero-order valence-electron chi connectivity index (χ0n) is 12.6. The smallest absolute Gasteiger partial charge is 0.220 e. The Balaban J connectivity index is 1.97. The van der Waals surface area contributed by atoms with Crippen molar-refractivity contribution in [3.05, 3.63) is 53.4 Å². The first kappa shape index (κ1) is 16.1. The first-order valence-corrected chi connectivity index (χ1v) is 7.21. The molecule has 118 valence electrons. The van der Waals surface area contributed by atoms with E-state index < -0.39 is 17.7 Å². The molecule has 6 heteroatoms. The minimum Gasteiger partial charge on any atom is -0.349 e. The van der Waals surface area contributed by atoms with Gasteiger partial charge in [-0.15, -0.1) is 0 Å². The number of amides is 1. The molecule has 0 aliphatic heterocycles. The standard InChI is InChI=1S/C16H19F2N3O/c1-3-15(13-8-12(17)5-6-14(13)18)20-16(22)7-4-11-9-19-21(2)10-11/h5-6,8-10,15H,3-4,7H2,1-2H3,(H,20,22)/t15-/m0/s1. The van der Waals surface area contributed by atoms with E-state index in [9.17, 15) is 13.6 Å². The van der Waals surface area contributed by atoms with Crippen molar-refractivity contribution in [3.63, 3.8) is 0 Å². The summed E-state index contributed by atoms with van der Waals surface area (Å²) in [7, 11) is 1.81. The normalized spacial score (nSPS) is 12.2. The number of hydrogen-bond donors (Lipinski definition) is 1. The highest BCUT2D eigenvalue weighted by Gasteiger charge is 2.17. The van der Waals surface area contributed by atoms with E-state index in [1.165, 1.54) is 0 Å². The van der Waals surface area contributed by atoms with E-state index in [-0.39, 0.29) is 17.9 Å². The lowest BCUT2D eigenvalue weighted by atomic mass is 10.0. The lowest BCUT2D eigenvalue weighted by Gasteiger charge is -2.18. The van der Waals surface area contributed by atoms with Crippen LogP contribution in [-0.2, 0) is 18.3 Å². The second-order valence-corrected chi connectivity index (χ2v) is 5.22. The Morgan fingerprint density at radius 1 is 1.41 bits per heavy atom. The number of hydrogen-bond acceptors (Lipinski definition) is 2. The van der Waals surface area contributed by atoms with E-state index in [0.29, 0.717) is 12.8 Å². The predicted octanol–water partition coefficient (Wildman–Crippen LogP) is 2.90. The van der Waals surface area contributed by atoms with Gasteiger partial charge in [0.15, 0.2) is 0 Å². The first-order valence-electron chi connectivity index (χ1n) is 7.21. The average Bonchev–Trinajstić information content (AvgIpc) is 2.91. The summed E-state index contributed by atoms with van der Waals surface area (Å²) >= 11 is 0. The van der Waals surface area contributed by atoms with Crippen molar-refractivity contribution in [1.82, 2.24) is 15.1 Å². The maximum Gasteiger partial charge on any atom is 0.220 e. The van der Waals surface area contributed by atoms with Crippen molar-refractivity contribution in [3.8, 4) is 0 Å². The SMILES string of the molecule is CC[C@H](NC(=O)CCc1cnn(C)c1)c1cc(F)ccc1F. The third kappa shape index (κ3) is 4.13. The molecule has 1 aromatic heterocycles. The summed E-state index contributed by atoms with van der Waals surface area (Å²) in [6, 6.07) is 2.74. The molecule has 0 fully saturated rings. The predicted molar refractivity (Wildman–Crippen MR) is 79.1 cm³/mol. The summed E-state index contributed by atoms with van der Waals surface area (Å²) in [5.41, 5.74) is 1.14. The van der Waals surface area contributed by atoms with Crippen molar-refractivity contribution in [1.29, 1.82) is 0 Å². The number of carbonyl (C=O) groups is 1. The van der Waals surface area contributed by atoms with Gasteiger partial charge in [0.05, 0.1) is 12.2 Å². The van der Waals surface area contributed by atoms with Gasteiger partial charge in [0.1, 0.15) is 11.6 Å². The lowest BCUT2D eigenvalue weighted by Crippen LogP contribution is -2.29. The molecule has 0 saturated carbocycles. The van der Waals surface area contributed by atoms with Crippen LogP contribution in [0, 0.1) is 11.6 Å². The van der Waals surface area contributed by atoms with E-state index in [1.807, 2.05) is 20.2 Å². The molecule has 1 aromatic carbocycles. The van der Waals surface area contributed by atoms with E-state index in [1.54, 1.807) is 10.9 Å². The topological polar surface area (TPSA) is 46.9 Å². The highest BCUT2D eigenvalue weighted by atomic mass is 19.1. The minimum absolute atomic E-state index is 0.178. The fourth-order valence-corrected chi connectivity index (χ4v) is 2.31. The molecule has 0 bridgehead atoms. The number of aromatic nitrogens is 2. The second-order valence-electron chi connectivity index (χ2n) is 5.22. The van der Waals surface area contributed by atoms with Gasteiger partial charge < -0.3 is 5.32 Å². The van der Waals surface area contributed by atoms with Crippen LogP contribution < -0.4 is 5.32 Å². The molecule has 0 spiro atoms. The number of carbonyl (C=O) groups excluding carboxylic acids is 1. The van der Waals surface area contributed by atoms with Crippen LogP contribution in [0.4, 0.5) is 8.78 Å². The van der Waals surface area contributed by atoms with Crippen LogP contribution in [-0.4, -0.2) is 15.7 Å². The van der Waals surface area contributed by atoms with Crippen molar-refractivity contribution < 1.29 is 13.6 Å². The van der Waals surface area contributed by atoms with Crippen LogP contribution in [0.2, 0.25) is 0 Å². The monoisotopic (exact) mass is 307 g/mol. The molecule has 1 N–H and O–H groups in total. The molecule has 4 nitrogen and oxygen atoms in total. The van der Waals surface area contributed by atoms with Gasteiger partial charge in [0.2, 0.25) is 5.91 Å². The molecule has 22 heavy (non-hydrogen) atoms. The van der Waals surface area contributed by atoms with Crippen molar-refractivity contribution >= 4 is 5.91 Å². The summed E-state index contributed by atoms with van der Waals surface area (Å²) in [6.45, 7) is 1.82. The van der Waals surface area contributed by atoms with Gasteiger partial charge in [-0.1, -0.05) is 6.92 Å². The van der Waals surface area contributed by atoms with E-state index in [0.717, 1.165) is 23.8 Å². The van der Waals surface area contributed by atoms with Gasteiger partial charge in [-0.3, -0.25) is 9.48 Å². The minimum atomic E-state index is -0.530.